The van der Waals surface area contributed by atoms with Crippen molar-refractivity contribution in [3.63, 3.8) is 0 Å². The molecule has 2 rings (SSSR count). The largest absolute Gasteiger partial charge is 0.494 e. The molecule has 36 heavy (non-hydrogen) atoms. The normalized spacial score (nSPS) is 14.1. The Balaban J connectivity index is 2.51. The van der Waals surface area contributed by atoms with Crippen molar-refractivity contribution in [3.05, 3.63) is 93.2 Å². The number of rotatable bonds is 14. The fourth-order valence-corrected chi connectivity index (χ4v) is 4.68. The minimum absolute atomic E-state index is 0.555. The first-order chi connectivity index (χ1) is 17.5. The number of halogens is 1. The zero-order chi connectivity index (χ0) is 26.3. The third-order valence-corrected chi connectivity index (χ3v) is 7.13. The standard InChI is InChI=1S/C29H34ClN3OS2/c1-5-11-26(35-4)28(32)29(27-14-9-17-36-27)33-25(24(31)7-3)20-21(6-2)18-22-12-8-13-23(19-22)34-16-10-15-30/h3,5,8-9,11-14,17,19-20,24H,1,6,10,15-16,18,31-32H2,2,4H3/b21-20+,26-11-,29-28-,33-25+. The first-order valence-electron chi connectivity index (χ1n) is 11.6. The van der Waals surface area contributed by atoms with Gasteiger partial charge < -0.3 is 16.2 Å². The van der Waals surface area contributed by atoms with Gasteiger partial charge in [-0.05, 0) is 66.8 Å². The van der Waals surface area contributed by atoms with Gasteiger partial charge in [-0.15, -0.1) is 41.1 Å². The van der Waals surface area contributed by atoms with Crippen molar-refractivity contribution in [2.75, 3.05) is 18.7 Å². The highest BCUT2D eigenvalue weighted by Gasteiger charge is 2.15. The molecule has 1 unspecified atom stereocenters. The number of thiophene rings is 1. The van der Waals surface area contributed by atoms with Gasteiger partial charge in [-0.3, -0.25) is 0 Å². The Kier molecular flexibility index (Phi) is 13.2. The van der Waals surface area contributed by atoms with Crippen molar-refractivity contribution in [2.45, 2.75) is 32.2 Å². The molecule has 190 valence electrons. The summed E-state index contributed by atoms with van der Waals surface area (Å²) in [7, 11) is 0. The van der Waals surface area contributed by atoms with Gasteiger partial charge in [-0.25, -0.2) is 4.99 Å². The third kappa shape index (κ3) is 9.07. The van der Waals surface area contributed by atoms with E-state index < -0.39 is 6.04 Å². The predicted octanol–water partition coefficient (Wildman–Crippen LogP) is 6.80. The maximum absolute atomic E-state index is 6.60. The molecule has 2 aromatic rings. The number of nitrogens with zero attached hydrogens (tertiary/aromatic N) is 1. The van der Waals surface area contributed by atoms with Crippen molar-refractivity contribution < 1.29 is 4.74 Å². The lowest BCUT2D eigenvalue weighted by atomic mass is 9.99. The number of alkyl halides is 1. The van der Waals surface area contributed by atoms with Gasteiger partial charge >= 0.3 is 0 Å². The molecule has 0 saturated heterocycles. The third-order valence-electron chi connectivity index (χ3n) is 5.19. The molecule has 7 heteroatoms. The highest BCUT2D eigenvalue weighted by atomic mass is 35.5. The van der Waals surface area contributed by atoms with Crippen LogP contribution in [0, 0.1) is 12.3 Å². The van der Waals surface area contributed by atoms with E-state index in [1.807, 2.05) is 48.1 Å². The number of aliphatic imine (C=N–C) groups is 1. The van der Waals surface area contributed by atoms with Crippen LogP contribution in [0.3, 0.4) is 0 Å². The topological polar surface area (TPSA) is 73.6 Å². The van der Waals surface area contributed by atoms with E-state index in [1.165, 1.54) is 11.8 Å². The molecule has 0 aliphatic heterocycles. The fraction of sp³-hybridized carbons (Fsp3) is 0.276. The van der Waals surface area contributed by atoms with Crippen molar-refractivity contribution >= 4 is 46.1 Å². The van der Waals surface area contributed by atoms with Crippen LogP contribution in [0.1, 0.15) is 30.2 Å². The Bertz CT molecular complexity index is 1160. The van der Waals surface area contributed by atoms with Crippen LogP contribution in [-0.2, 0) is 6.42 Å². The second-order valence-corrected chi connectivity index (χ2v) is 9.94. The molecule has 0 aliphatic rings. The Morgan fingerprint density at radius 1 is 1.36 bits per heavy atom. The predicted molar refractivity (Wildman–Crippen MR) is 161 cm³/mol. The SMILES string of the molecule is C#CC(N)C(/C=C(\CC)Cc1cccc(OCCCCl)c1)=N/C(=C(N)/C(=C/C=C)SC)c1cccs1. The average molecular weight is 540 g/mol. The number of hydrogen-bond acceptors (Lipinski definition) is 6. The van der Waals surface area contributed by atoms with E-state index >= 15 is 0 Å². The summed E-state index contributed by atoms with van der Waals surface area (Å²) >= 11 is 8.85. The Hall–Kier alpha value is -2.69. The van der Waals surface area contributed by atoms with E-state index in [-0.39, 0.29) is 0 Å². The number of terminal acetylenes is 1. The quantitative estimate of drug-likeness (QED) is 0.0910. The fourth-order valence-electron chi connectivity index (χ4n) is 3.30. The number of ether oxygens (including phenoxy) is 1. The second kappa shape index (κ2) is 16.1. The van der Waals surface area contributed by atoms with Crippen LogP contribution in [0.15, 0.2) is 87.8 Å². The van der Waals surface area contributed by atoms with E-state index in [0.717, 1.165) is 45.9 Å². The molecular weight excluding hydrogens is 506 g/mol. The molecule has 0 fully saturated rings. The first-order valence-corrected chi connectivity index (χ1v) is 14.3. The number of thioether (sulfide) groups is 1. The molecule has 1 aromatic carbocycles. The number of hydrogen-bond donors (Lipinski definition) is 2. The van der Waals surface area contributed by atoms with Crippen molar-refractivity contribution in [2.24, 2.45) is 16.5 Å². The Labute approximate surface area is 228 Å². The highest BCUT2D eigenvalue weighted by molar-refractivity contribution is 8.02. The van der Waals surface area contributed by atoms with Gasteiger partial charge in [0.1, 0.15) is 17.5 Å². The maximum Gasteiger partial charge on any atom is 0.119 e. The molecule has 1 aromatic heterocycles. The van der Waals surface area contributed by atoms with Gasteiger partial charge in [0.25, 0.3) is 0 Å². The van der Waals surface area contributed by atoms with Crippen LogP contribution < -0.4 is 16.2 Å². The minimum Gasteiger partial charge on any atom is -0.494 e. The minimum atomic E-state index is -0.680. The lowest BCUT2D eigenvalue weighted by Gasteiger charge is -2.14. The van der Waals surface area contributed by atoms with Gasteiger partial charge in [0.15, 0.2) is 0 Å². The summed E-state index contributed by atoms with van der Waals surface area (Å²) in [6, 6.07) is 11.4. The molecule has 0 bridgehead atoms. The summed E-state index contributed by atoms with van der Waals surface area (Å²) < 4.78 is 5.80. The van der Waals surface area contributed by atoms with E-state index in [4.69, 9.17) is 39.2 Å². The lowest BCUT2D eigenvalue weighted by molar-refractivity contribution is 0.318. The molecule has 0 radical (unpaired) electrons. The second-order valence-electron chi connectivity index (χ2n) is 7.76. The Morgan fingerprint density at radius 2 is 2.17 bits per heavy atom. The van der Waals surface area contributed by atoms with Gasteiger partial charge in [0, 0.05) is 10.8 Å². The Morgan fingerprint density at radius 3 is 2.78 bits per heavy atom. The number of benzene rings is 1. The molecule has 4 nitrogen and oxygen atoms in total. The zero-order valence-corrected chi connectivity index (χ0v) is 23.3. The maximum atomic E-state index is 6.60. The van der Waals surface area contributed by atoms with Crippen LogP contribution in [0.4, 0.5) is 0 Å². The van der Waals surface area contributed by atoms with Crippen LogP contribution in [0.25, 0.3) is 5.70 Å². The molecule has 1 atom stereocenters. The molecule has 0 amide bonds. The van der Waals surface area contributed by atoms with Crippen LogP contribution >= 0.6 is 34.7 Å². The van der Waals surface area contributed by atoms with Crippen molar-refractivity contribution in [3.8, 4) is 18.1 Å². The van der Waals surface area contributed by atoms with Crippen LogP contribution in [0.5, 0.6) is 5.75 Å². The molecule has 0 saturated carbocycles. The lowest BCUT2D eigenvalue weighted by Crippen LogP contribution is -2.28. The molecule has 0 spiro atoms. The first kappa shape index (κ1) is 29.5. The summed E-state index contributed by atoms with van der Waals surface area (Å²) in [6.07, 6.45) is 15.6. The summed E-state index contributed by atoms with van der Waals surface area (Å²) in [6.45, 7) is 6.50. The van der Waals surface area contributed by atoms with Crippen LogP contribution in [-0.4, -0.2) is 30.5 Å². The van der Waals surface area contributed by atoms with Gasteiger partial charge in [-0.2, -0.15) is 0 Å². The van der Waals surface area contributed by atoms with Gasteiger partial charge in [0.2, 0.25) is 0 Å². The summed E-state index contributed by atoms with van der Waals surface area (Å²) in [4.78, 5) is 6.76. The van der Waals surface area contributed by atoms with E-state index in [0.29, 0.717) is 29.6 Å². The van der Waals surface area contributed by atoms with E-state index in [1.54, 1.807) is 17.4 Å². The average Bonchev–Trinajstić information content (AvgIpc) is 3.43. The number of allylic oxidation sites excluding steroid dienone is 3. The monoisotopic (exact) mass is 539 g/mol. The number of nitrogens with two attached hydrogens (primary N) is 2. The van der Waals surface area contributed by atoms with Crippen LogP contribution in [0.2, 0.25) is 0 Å². The van der Waals surface area contributed by atoms with Gasteiger partial charge in [0.05, 0.1) is 22.9 Å². The summed E-state index contributed by atoms with van der Waals surface area (Å²) in [5.41, 5.74) is 17.0. The molecule has 4 N–H and O–H groups in total. The molecular formula is C29H34ClN3OS2. The summed E-state index contributed by atoms with van der Waals surface area (Å²) in [5, 5.41) is 1.99. The van der Waals surface area contributed by atoms with E-state index in [9.17, 15) is 0 Å². The zero-order valence-electron chi connectivity index (χ0n) is 20.9. The van der Waals surface area contributed by atoms with Crippen molar-refractivity contribution in [1.82, 2.24) is 0 Å². The molecule has 1 heterocycles. The summed E-state index contributed by atoms with van der Waals surface area (Å²) in [5.74, 6) is 4.04. The van der Waals surface area contributed by atoms with E-state index in [2.05, 4.69) is 31.6 Å². The van der Waals surface area contributed by atoms with Crippen molar-refractivity contribution in [1.29, 1.82) is 0 Å². The molecule has 0 aliphatic carbocycles. The highest BCUT2D eigenvalue weighted by Crippen LogP contribution is 2.30. The smallest absolute Gasteiger partial charge is 0.119 e. The van der Waals surface area contributed by atoms with Gasteiger partial charge in [-0.1, -0.05) is 49.3 Å².